The normalized spacial score (nSPS) is 15.6. The van der Waals surface area contributed by atoms with Crippen molar-refractivity contribution in [2.75, 3.05) is 5.32 Å². The number of anilines is 1. The number of phenolic OH excluding ortho intramolecular Hbond substituents is 2. The number of aromatic hydroxyl groups is 2. The molecule has 0 aliphatic heterocycles. The van der Waals surface area contributed by atoms with Crippen LogP contribution in [0.1, 0.15) is 0 Å². The lowest BCUT2D eigenvalue weighted by molar-refractivity contribution is -0.111. The number of phenols is 2. The first-order valence-corrected chi connectivity index (χ1v) is 8.09. The highest BCUT2D eigenvalue weighted by atomic mass is 35.5. The van der Waals surface area contributed by atoms with Crippen LogP contribution in [0, 0.1) is 0 Å². The monoisotopic (exact) mass is 390 g/mol. The van der Waals surface area contributed by atoms with E-state index in [1.54, 1.807) is 0 Å². The summed E-state index contributed by atoms with van der Waals surface area (Å²) in [5, 5.41) is 32.0. The van der Waals surface area contributed by atoms with Crippen LogP contribution in [-0.4, -0.2) is 26.8 Å². The molecule has 0 unspecified atom stereocenters. The van der Waals surface area contributed by atoms with E-state index in [-0.39, 0.29) is 38.7 Å². The van der Waals surface area contributed by atoms with Gasteiger partial charge in [-0.2, -0.15) is 0 Å². The van der Waals surface area contributed by atoms with Crippen LogP contribution in [0.5, 0.6) is 11.5 Å². The number of aliphatic imine (C=N–C) groups is 1. The van der Waals surface area contributed by atoms with Crippen molar-refractivity contribution in [3.8, 4) is 11.5 Å². The maximum atomic E-state index is 12.1. The molecule has 6 nitrogen and oxygen atoms in total. The Bertz CT molecular complexity index is 997. The Balaban J connectivity index is 1.96. The molecule has 0 atom stereocenters. The van der Waals surface area contributed by atoms with E-state index < -0.39 is 5.78 Å². The van der Waals surface area contributed by atoms with Crippen molar-refractivity contribution in [1.82, 2.24) is 0 Å². The zero-order valence-electron chi connectivity index (χ0n) is 13.1. The lowest BCUT2D eigenvalue weighted by Gasteiger charge is -2.15. The number of ketones is 1. The minimum atomic E-state index is -0.470. The van der Waals surface area contributed by atoms with Crippen molar-refractivity contribution in [3.05, 3.63) is 70.1 Å². The van der Waals surface area contributed by atoms with Crippen molar-refractivity contribution >= 4 is 46.1 Å². The van der Waals surface area contributed by atoms with Crippen molar-refractivity contribution in [1.29, 1.82) is 0 Å². The molecule has 8 heteroatoms. The number of hydrogen-bond acceptors (Lipinski definition) is 6. The summed E-state index contributed by atoms with van der Waals surface area (Å²) in [5.41, 5.74) is 0.950. The van der Waals surface area contributed by atoms with Crippen LogP contribution in [-0.2, 0) is 4.79 Å². The second-order valence-electron chi connectivity index (χ2n) is 5.37. The Labute approximate surface area is 158 Å². The molecule has 0 radical (unpaired) electrons. The van der Waals surface area contributed by atoms with Crippen LogP contribution in [0.2, 0.25) is 10.0 Å². The van der Waals surface area contributed by atoms with Gasteiger partial charge in [0, 0.05) is 18.2 Å². The molecule has 0 saturated carbocycles. The van der Waals surface area contributed by atoms with E-state index in [1.165, 1.54) is 42.5 Å². The largest absolute Gasteiger partial charge is 0.508 e. The third-order valence-electron chi connectivity index (χ3n) is 3.47. The van der Waals surface area contributed by atoms with Crippen molar-refractivity contribution in [3.63, 3.8) is 0 Å². The standard InChI is InChI=1S/C18H12Cl2N2O4/c19-11-5-9(23)1-3-13(11)21-15-7-16(18(26)8-17(15)25)22-14-4-2-10(24)6-12(14)20/h1-8,21,23-24,26H. The van der Waals surface area contributed by atoms with Crippen LogP contribution < -0.4 is 5.32 Å². The first kappa shape index (κ1) is 17.8. The maximum Gasteiger partial charge on any atom is 0.205 e. The number of rotatable bonds is 3. The van der Waals surface area contributed by atoms with Gasteiger partial charge in [0.1, 0.15) is 23.0 Å². The van der Waals surface area contributed by atoms with E-state index in [0.29, 0.717) is 11.4 Å². The molecule has 2 aromatic carbocycles. The van der Waals surface area contributed by atoms with Gasteiger partial charge in [0.15, 0.2) is 0 Å². The van der Waals surface area contributed by atoms with E-state index in [4.69, 9.17) is 23.2 Å². The van der Waals surface area contributed by atoms with E-state index >= 15 is 0 Å². The number of halogens is 2. The molecule has 132 valence electrons. The number of allylic oxidation sites excluding steroid dienone is 2. The molecular weight excluding hydrogens is 379 g/mol. The SMILES string of the molecule is O=C1C=C(O)C(=Nc2ccc(O)cc2Cl)C=C1Nc1ccc(O)cc1Cl. The predicted octanol–water partition coefficient (Wildman–Crippen LogP) is 4.50. The van der Waals surface area contributed by atoms with E-state index in [2.05, 4.69) is 10.3 Å². The van der Waals surface area contributed by atoms with E-state index in [1.807, 2.05) is 0 Å². The van der Waals surface area contributed by atoms with Gasteiger partial charge in [-0.05, 0) is 30.3 Å². The minimum absolute atomic E-state index is 0.00809. The van der Waals surface area contributed by atoms with E-state index in [0.717, 1.165) is 6.08 Å². The molecule has 2 aromatic rings. The van der Waals surface area contributed by atoms with Gasteiger partial charge < -0.3 is 20.6 Å². The maximum absolute atomic E-state index is 12.1. The molecule has 0 amide bonds. The first-order chi connectivity index (χ1) is 12.3. The number of carbonyl (C=O) groups is 1. The van der Waals surface area contributed by atoms with Crippen LogP contribution >= 0.6 is 23.2 Å². The van der Waals surface area contributed by atoms with Gasteiger partial charge in [-0.3, -0.25) is 4.79 Å². The zero-order valence-corrected chi connectivity index (χ0v) is 14.6. The second-order valence-corrected chi connectivity index (χ2v) is 6.19. The van der Waals surface area contributed by atoms with Gasteiger partial charge in [-0.15, -0.1) is 0 Å². The van der Waals surface area contributed by atoms with Crippen molar-refractivity contribution in [2.45, 2.75) is 0 Å². The summed E-state index contributed by atoms with van der Waals surface area (Å²) in [6.07, 6.45) is 2.37. The van der Waals surface area contributed by atoms with Crippen LogP contribution in [0.25, 0.3) is 0 Å². The fraction of sp³-hybridized carbons (Fsp3) is 0. The Morgan fingerprint density at radius 1 is 0.885 bits per heavy atom. The van der Waals surface area contributed by atoms with Crippen LogP contribution in [0.3, 0.4) is 0 Å². The van der Waals surface area contributed by atoms with Gasteiger partial charge >= 0.3 is 0 Å². The Hall–Kier alpha value is -2.96. The van der Waals surface area contributed by atoms with Crippen molar-refractivity contribution in [2.24, 2.45) is 4.99 Å². The highest BCUT2D eigenvalue weighted by Crippen LogP contribution is 2.31. The van der Waals surface area contributed by atoms with Gasteiger partial charge in [-0.1, -0.05) is 23.2 Å². The van der Waals surface area contributed by atoms with Crippen LogP contribution in [0.4, 0.5) is 11.4 Å². The average molecular weight is 391 g/mol. The molecule has 0 bridgehead atoms. The van der Waals surface area contributed by atoms with Gasteiger partial charge in [-0.25, -0.2) is 4.99 Å². The minimum Gasteiger partial charge on any atom is -0.508 e. The number of carbonyl (C=O) groups excluding carboxylic acids is 1. The highest BCUT2D eigenvalue weighted by molar-refractivity contribution is 6.34. The molecule has 0 heterocycles. The fourth-order valence-corrected chi connectivity index (χ4v) is 2.65. The number of aliphatic hydroxyl groups excluding tert-OH is 1. The number of nitrogens with zero attached hydrogens (tertiary/aromatic N) is 1. The number of aliphatic hydroxyl groups is 1. The zero-order chi connectivity index (χ0) is 18.8. The first-order valence-electron chi connectivity index (χ1n) is 7.33. The molecule has 26 heavy (non-hydrogen) atoms. The Morgan fingerprint density at radius 2 is 1.54 bits per heavy atom. The Kier molecular flexibility index (Phi) is 4.88. The molecule has 1 aliphatic carbocycles. The summed E-state index contributed by atoms with van der Waals surface area (Å²) >= 11 is 12.0. The fourth-order valence-electron chi connectivity index (χ4n) is 2.21. The summed E-state index contributed by atoms with van der Waals surface area (Å²) in [6.45, 7) is 0. The van der Waals surface area contributed by atoms with E-state index in [9.17, 15) is 20.1 Å². The van der Waals surface area contributed by atoms with Gasteiger partial charge in [0.25, 0.3) is 0 Å². The number of nitrogens with one attached hydrogen (secondary N) is 1. The predicted molar refractivity (Wildman–Crippen MR) is 101 cm³/mol. The van der Waals surface area contributed by atoms with Crippen molar-refractivity contribution < 1.29 is 20.1 Å². The molecule has 0 saturated heterocycles. The highest BCUT2D eigenvalue weighted by Gasteiger charge is 2.20. The summed E-state index contributed by atoms with van der Waals surface area (Å²) in [6, 6.07) is 8.45. The summed E-state index contributed by atoms with van der Waals surface area (Å²) in [4.78, 5) is 16.3. The second kappa shape index (κ2) is 7.11. The lowest BCUT2D eigenvalue weighted by Crippen LogP contribution is -2.18. The molecule has 1 aliphatic rings. The number of hydrogen-bond donors (Lipinski definition) is 4. The lowest BCUT2D eigenvalue weighted by atomic mass is 10.1. The molecule has 3 rings (SSSR count). The topological polar surface area (TPSA) is 102 Å². The molecular formula is C18H12Cl2N2O4. The van der Waals surface area contributed by atoms with Crippen LogP contribution in [0.15, 0.2) is 65.0 Å². The Morgan fingerprint density at radius 3 is 2.19 bits per heavy atom. The quantitative estimate of drug-likeness (QED) is 0.456. The average Bonchev–Trinajstić information content (AvgIpc) is 2.56. The molecule has 0 fully saturated rings. The summed E-state index contributed by atoms with van der Waals surface area (Å²) in [5.74, 6) is -0.812. The smallest absolute Gasteiger partial charge is 0.205 e. The summed E-state index contributed by atoms with van der Waals surface area (Å²) < 4.78 is 0. The third kappa shape index (κ3) is 3.82. The van der Waals surface area contributed by atoms with Gasteiger partial charge in [0.2, 0.25) is 5.78 Å². The number of benzene rings is 2. The summed E-state index contributed by atoms with van der Waals surface area (Å²) in [7, 11) is 0. The third-order valence-corrected chi connectivity index (χ3v) is 4.09. The molecule has 4 N–H and O–H groups in total. The molecule has 0 spiro atoms. The molecule has 0 aromatic heterocycles. The van der Waals surface area contributed by atoms with Gasteiger partial charge in [0.05, 0.1) is 27.1 Å².